The number of aromatic hydroxyl groups is 1. The van der Waals surface area contributed by atoms with Crippen molar-refractivity contribution in [2.75, 3.05) is 6.61 Å². The van der Waals surface area contributed by atoms with Gasteiger partial charge in [0.05, 0.1) is 11.6 Å². The lowest BCUT2D eigenvalue weighted by Crippen LogP contribution is -2.34. The summed E-state index contributed by atoms with van der Waals surface area (Å²) in [7, 11) is 0. The van der Waals surface area contributed by atoms with Gasteiger partial charge in [-0.25, -0.2) is 0 Å². The van der Waals surface area contributed by atoms with Gasteiger partial charge in [0.25, 0.3) is 0 Å². The molecule has 0 aliphatic rings. The van der Waals surface area contributed by atoms with Crippen LogP contribution in [0.4, 0.5) is 0 Å². The normalized spacial score (nSPS) is 12.2. The number of hydrogen-bond donors (Lipinski definition) is 2. The minimum absolute atomic E-state index is 0.00937. The molecule has 1 rings (SSSR count). The Morgan fingerprint density at radius 2 is 2.31 bits per heavy atom. The zero-order valence-corrected chi connectivity index (χ0v) is 9.70. The van der Waals surface area contributed by atoms with Crippen LogP contribution in [0.25, 0.3) is 0 Å². The number of esters is 1. The van der Waals surface area contributed by atoms with E-state index in [1.54, 1.807) is 19.1 Å². The first kappa shape index (κ1) is 12.8. The summed E-state index contributed by atoms with van der Waals surface area (Å²) >= 11 is 5.73. The standard InChI is InChI=1S/C11H14ClNO3/c1-2-16-11(15)9(13)6-7-3-4-10(14)8(12)5-7/h3-5,9,14H,2,6,13H2,1H3. The van der Waals surface area contributed by atoms with E-state index in [1.165, 1.54) is 6.07 Å². The predicted octanol–water partition coefficient (Wildman–Crippen LogP) is 1.48. The number of hydrogen-bond acceptors (Lipinski definition) is 4. The summed E-state index contributed by atoms with van der Waals surface area (Å²) in [6.07, 6.45) is 0.332. The SMILES string of the molecule is CCOC(=O)C(N)Cc1ccc(O)c(Cl)c1. The fraction of sp³-hybridized carbons (Fsp3) is 0.364. The lowest BCUT2D eigenvalue weighted by molar-refractivity contribution is -0.144. The topological polar surface area (TPSA) is 72.5 Å². The molecule has 3 N–H and O–H groups in total. The Bertz CT molecular complexity index is 381. The summed E-state index contributed by atoms with van der Waals surface area (Å²) in [5, 5.41) is 9.46. The summed E-state index contributed by atoms with van der Waals surface area (Å²) in [5.41, 5.74) is 6.42. The van der Waals surface area contributed by atoms with Crippen LogP contribution in [0.1, 0.15) is 12.5 Å². The number of ether oxygens (including phenoxy) is 1. The lowest BCUT2D eigenvalue weighted by Gasteiger charge is -2.10. The molecule has 1 aromatic carbocycles. The molecule has 1 unspecified atom stereocenters. The maximum absolute atomic E-state index is 11.3. The van der Waals surface area contributed by atoms with E-state index in [9.17, 15) is 9.90 Å². The highest BCUT2D eigenvalue weighted by molar-refractivity contribution is 6.32. The average Bonchev–Trinajstić information content (AvgIpc) is 2.24. The molecule has 4 nitrogen and oxygen atoms in total. The monoisotopic (exact) mass is 243 g/mol. The minimum Gasteiger partial charge on any atom is -0.506 e. The molecule has 0 radical (unpaired) electrons. The third kappa shape index (κ3) is 3.40. The number of carbonyl (C=O) groups is 1. The first-order chi connectivity index (χ1) is 7.54. The molecule has 0 heterocycles. The highest BCUT2D eigenvalue weighted by Gasteiger charge is 2.15. The smallest absolute Gasteiger partial charge is 0.323 e. The summed E-state index contributed by atoms with van der Waals surface area (Å²) in [6.45, 7) is 2.03. The van der Waals surface area contributed by atoms with Gasteiger partial charge in [0.1, 0.15) is 11.8 Å². The van der Waals surface area contributed by atoms with Gasteiger partial charge in [0, 0.05) is 0 Å². The molecule has 0 aromatic heterocycles. The molecule has 1 atom stereocenters. The first-order valence-corrected chi connectivity index (χ1v) is 5.32. The van der Waals surface area contributed by atoms with Crippen molar-refractivity contribution in [3.63, 3.8) is 0 Å². The second-order valence-electron chi connectivity index (χ2n) is 3.35. The van der Waals surface area contributed by atoms with Gasteiger partial charge >= 0.3 is 5.97 Å². The van der Waals surface area contributed by atoms with E-state index in [-0.39, 0.29) is 10.8 Å². The van der Waals surface area contributed by atoms with Crippen LogP contribution in [-0.2, 0) is 16.0 Å². The molecule has 0 amide bonds. The van der Waals surface area contributed by atoms with Crippen LogP contribution < -0.4 is 5.73 Å². The number of nitrogens with two attached hydrogens (primary N) is 1. The maximum Gasteiger partial charge on any atom is 0.323 e. The Kier molecular flexibility index (Phi) is 4.58. The Morgan fingerprint density at radius 3 is 2.88 bits per heavy atom. The van der Waals surface area contributed by atoms with Crippen molar-refractivity contribution < 1.29 is 14.6 Å². The second-order valence-corrected chi connectivity index (χ2v) is 3.76. The predicted molar refractivity (Wildman–Crippen MR) is 61.4 cm³/mol. The largest absolute Gasteiger partial charge is 0.506 e. The van der Waals surface area contributed by atoms with E-state index in [4.69, 9.17) is 22.1 Å². The van der Waals surface area contributed by atoms with Crippen molar-refractivity contribution in [1.29, 1.82) is 0 Å². The van der Waals surface area contributed by atoms with Gasteiger partial charge in [0.15, 0.2) is 0 Å². The van der Waals surface area contributed by atoms with Crippen LogP contribution in [0, 0.1) is 0 Å². The Hall–Kier alpha value is -1.26. The molecule has 88 valence electrons. The van der Waals surface area contributed by atoms with Gasteiger partial charge in [0.2, 0.25) is 0 Å². The van der Waals surface area contributed by atoms with Crippen LogP contribution >= 0.6 is 11.6 Å². The molecule has 0 fully saturated rings. The van der Waals surface area contributed by atoms with Crippen LogP contribution in [-0.4, -0.2) is 23.7 Å². The number of phenolic OH excluding ortho intramolecular Hbond substituents is 1. The fourth-order valence-corrected chi connectivity index (χ4v) is 1.47. The Labute approximate surface area is 99.0 Å². The van der Waals surface area contributed by atoms with Crippen LogP contribution in [0.5, 0.6) is 5.75 Å². The zero-order chi connectivity index (χ0) is 12.1. The lowest BCUT2D eigenvalue weighted by atomic mass is 10.1. The highest BCUT2D eigenvalue weighted by Crippen LogP contribution is 2.24. The molecule has 0 aliphatic carbocycles. The second kappa shape index (κ2) is 5.72. The number of rotatable bonds is 4. The summed E-state index contributed by atoms with van der Waals surface area (Å²) in [4.78, 5) is 11.3. The summed E-state index contributed by atoms with van der Waals surface area (Å²) in [6, 6.07) is 4.01. The molecule has 5 heteroatoms. The quantitative estimate of drug-likeness (QED) is 0.786. The Morgan fingerprint density at radius 1 is 1.62 bits per heavy atom. The van der Waals surface area contributed by atoms with E-state index in [0.717, 1.165) is 5.56 Å². The summed E-state index contributed by atoms with van der Waals surface area (Å²) < 4.78 is 4.78. The molecule has 1 aromatic rings. The van der Waals surface area contributed by atoms with Crippen LogP contribution in [0.15, 0.2) is 18.2 Å². The van der Waals surface area contributed by atoms with Gasteiger partial charge in [-0.05, 0) is 31.0 Å². The van der Waals surface area contributed by atoms with Gasteiger partial charge in [-0.3, -0.25) is 4.79 Å². The van der Waals surface area contributed by atoms with E-state index < -0.39 is 12.0 Å². The highest BCUT2D eigenvalue weighted by atomic mass is 35.5. The Balaban J connectivity index is 2.66. The van der Waals surface area contributed by atoms with Crippen LogP contribution in [0.3, 0.4) is 0 Å². The van der Waals surface area contributed by atoms with Crippen molar-refractivity contribution in [2.24, 2.45) is 5.73 Å². The molecule has 0 saturated heterocycles. The first-order valence-electron chi connectivity index (χ1n) is 4.94. The van der Waals surface area contributed by atoms with Crippen molar-refractivity contribution >= 4 is 17.6 Å². The molecular weight excluding hydrogens is 230 g/mol. The molecular formula is C11H14ClNO3. The van der Waals surface area contributed by atoms with Gasteiger partial charge in [-0.1, -0.05) is 17.7 Å². The molecule has 0 aliphatic heterocycles. The molecule has 0 saturated carbocycles. The number of carbonyl (C=O) groups excluding carboxylic acids is 1. The van der Waals surface area contributed by atoms with Crippen LogP contribution in [0.2, 0.25) is 5.02 Å². The molecule has 0 spiro atoms. The van der Waals surface area contributed by atoms with Gasteiger partial charge in [-0.15, -0.1) is 0 Å². The van der Waals surface area contributed by atoms with E-state index in [0.29, 0.717) is 13.0 Å². The molecule has 0 bridgehead atoms. The average molecular weight is 244 g/mol. The van der Waals surface area contributed by atoms with Crippen molar-refractivity contribution in [3.8, 4) is 5.75 Å². The third-order valence-electron chi connectivity index (χ3n) is 2.06. The van der Waals surface area contributed by atoms with Crippen molar-refractivity contribution in [1.82, 2.24) is 0 Å². The van der Waals surface area contributed by atoms with Gasteiger partial charge in [-0.2, -0.15) is 0 Å². The molecule has 16 heavy (non-hydrogen) atoms. The number of benzene rings is 1. The van der Waals surface area contributed by atoms with Crippen molar-refractivity contribution in [3.05, 3.63) is 28.8 Å². The third-order valence-corrected chi connectivity index (χ3v) is 2.36. The number of halogens is 1. The van der Waals surface area contributed by atoms with Crippen molar-refractivity contribution in [2.45, 2.75) is 19.4 Å². The van der Waals surface area contributed by atoms with E-state index >= 15 is 0 Å². The van der Waals surface area contributed by atoms with Gasteiger partial charge < -0.3 is 15.6 Å². The minimum atomic E-state index is -0.708. The zero-order valence-electron chi connectivity index (χ0n) is 8.94. The van der Waals surface area contributed by atoms with E-state index in [1.807, 2.05) is 0 Å². The van der Waals surface area contributed by atoms with E-state index in [2.05, 4.69) is 0 Å². The summed E-state index contributed by atoms with van der Waals surface area (Å²) in [5.74, 6) is -0.429. The maximum atomic E-state index is 11.3. The number of phenols is 1. The fourth-order valence-electron chi connectivity index (χ4n) is 1.26.